The number of aryl methyl sites for hydroxylation is 1. The summed E-state index contributed by atoms with van der Waals surface area (Å²) >= 11 is 5.57. The molecule has 0 radical (unpaired) electrons. The van der Waals surface area contributed by atoms with Gasteiger partial charge in [-0.1, -0.05) is 0 Å². The fraction of sp³-hybridized carbons (Fsp3) is 0.600. The number of hydrogen-bond acceptors (Lipinski definition) is 5. The van der Waals surface area contributed by atoms with Crippen LogP contribution in [0.15, 0.2) is 6.20 Å². The lowest BCUT2D eigenvalue weighted by molar-refractivity contribution is 0.0636. The van der Waals surface area contributed by atoms with Gasteiger partial charge >= 0.3 is 6.09 Å². The first-order valence-corrected chi connectivity index (χ1v) is 6.41. The van der Waals surface area contributed by atoms with Gasteiger partial charge in [0.25, 0.3) is 0 Å². The lowest BCUT2D eigenvalue weighted by Crippen LogP contribution is -2.27. The Kier molecular flexibility index (Phi) is 4.61. The van der Waals surface area contributed by atoms with E-state index < -0.39 is 11.7 Å². The maximum absolute atomic E-state index is 11.4. The van der Waals surface area contributed by atoms with Crippen LogP contribution in [-0.2, 0) is 11.2 Å². The second-order valence-electron chi connectivity index (χ2n) is 4.23. The van der Waals surface area contributed by atoms with E-state index in [9.17, 15) is 4.79 Å². The first-order valence-electron chi connectivity index (χ1n) is 4.96. The number of nitrogens with zero attached hydrogens (tertiary/aromatic N) is 1. The Morgan fingerprint density at radius 1 is 1.62 bits per heavy atom. The third-order valence-corrected chi connectivity index (χ3v) is 2.72. The smallest absolute Gasteiger partial charge is 0.413 e. The molecular weight excluding hydrogens is 244 g/mol. The minimum Gasteiger partial charge on any atom is -0.444 e. The van der Waals surface area contributed by atoms with E-state index in [0.29, 0.717) is 5.13 Å². The molecule has 1 aromatic rings. The lowest BCUT2D eigenvalue weighted by atomic mass is 10.2. The Balaban J connectivity index is 2.50. The lowest BCUT2D eigenvalue weighted by Gasteiger charge is -2.18. The number of thiazole rings is 1. The maximum atomic E-state index is 11.4. The van der Waals surface area contributed by atoms with Crippen LogP contribution < -0.4 is 5.32 Å². The van der Waals surface area contributed by atoms with Crippen LogP contribution in [0.4, 0.5) is 9.93 Å². The van der Waals surface area contributed by atoms with E-state index in [1.807, 2.05) is 20.8 Å². The van der Waals surface area contributed by atoms with Crippen molar-refractivity contribution in [3.8, 4) is 0 Å². The maximum Gasteiger partial charge on any atom is 0.413 e. The first kappa shape index (κ1) is 13.3. The van der Waals surface area contributed by atoms with Crippen molar-refractivity contribution in [2.75, 3.05) is 11.1 Å². The van der Waals surface area contributed by atoms with Gasteiger partial charge in [0.2, 0.25) is 0 Å². The third kappa shape index (κ3) is 4.85. The van der Waals surface area contributed by atoms with Gasteiger partial charge in [-0.05, 0) is 32.9 Å². The van der Waals surface area contributed by atoms with E-state index >= 15 is 0 Å². The van der Waals surface area contributed by atoms with Crippen molar-refractivity contribution < 1.29 is 9.53 Å². The molecule has 0 aromatic carbocycles. The Morgan fingerprint density at radius 2 is 2.31 bits per heavy atom. The molecule has 0 unspecified atom stereocenters. The molecule has 1 heterocycles. The summed E-state index contributed by atoms with van der Waals surface area (Å²) < 4.78 is 5.11. The number of nitrogens with one attached hydrogen (secondary N) is 1. The average molecular weight is 260 g/mol. The number of ether oxygens (including phenoxy) is 1. The molecule has 1 rings (SSSR count). The molecule has 1 N–H and O–H groups in total. The minimum atomic E-state index is -0.491. The van der Waals surface area contributed by atoms with E-state index in [4.69, 9.17) is 4.74 Å². The van der Waals surface area contributed by atoms with Crippen LogP contribution in [-0.4, -0.2) is 22.4 Å². The standard InChI is InChI=1S/C10H16N2O2S2/c1-10(2,3)14-9(13)12-8-11-6-7(16-8)4-5-15/h6,15H,4-5H2,1-3H3,(H,11,12,13). The Labute approximate surface area is 105 Å². The number of rotatable bonds is 3. The number of carbonyl (C=O) groups excluding carboxylic acids is 1. The first-order chi connectivity index (χ1) is 7.40. The van der Waals surface area contributed by atoms with E-state index in [1.54, 1.807) is 6.20 Å². The quantitative estimate of drug-likeness (QED) is 0.822. The van der Waals surface area contributed by atoms with Gasteiger partial charge in [0.05, 0.1) is 0 Å². The molecule has 90 valence electrons. The van der Waals surface area contributed by atoms with E-state index in [0.717, 1.165) is 17.1 Å². The van der Waals surface area contributed by atoms with E-state index in [2.05, 4.69) is 22.9 Å². The van der Waals surface area contributed by atoms with E-state index in [-0.39, 0.29) is 0 Å². The highest BCUT2D eigenvalue weighted by Gasteiger charge is 2.17. The molecule has 0 aliphatic carbocycles. The molecule has 1 aromatic heterocycles. The van der Waals surface area contributed by atoms with Crippen molar-refractivity contribution in [1.82, 2.24) is 4.98 Å². The second-order valence-corrected chi connectivity index (χ2v) is 5.79. The van der Waals surface area contributed by atoms with Gasteiger partial charge in [0, 0.05) is 11.1 Å². The number of anilines is 1. The Morgan fingerprint density at radius 3 is 2.88 bits per heavy atom. The topological polar surface area (TPSA) is 51.2 Å². The average Bonchev–Trinajstić information content (AvgIpc) is 2.49. The molecule has 1 amide bonds. The van der Waals surface area contributed by atoms with Crippen LogP contribution in [0.25, 0.3) is 0 Å². The molecule has 0 aliphatic heterocycles. The number of thiol groups is 1. The molecule has 0 bridgehead atoms. The molecule has 0 fully saturated rings. The summed E-state index contributed by atoms with van der Waals surface area (Å²) in [7, 11) is 0. The predicted octanol–water partition coefficient (Wildman–Crippen LogP) is 2.96. The summed E-state index contributed by atoms with van der Waals surface area (Å²) in [4.78, 5) is 16.6. The summed E-state index contributed by atoms with van der Waals surface area (Å²) in [6.07, 6.45) is 2.13. The summed E-state index contributed by atoms with van der Waals surface area (Å²) in [6, 6.07) is 0. The summed E-state index contributed by atoms with van der Waals surface area (Å²) in [5.74, 6) is 0.772. The van der Waals surface area contributed by atoms with Gasteiger partial charge < -0.3 is 4.74 Å². The zero-order chi connectivity index (χ0) is 12.2. The highest BCUT2D eigenvalue weighted by molar-refractivity contribution is 7.80. The number of carbonyl (C=O) groups is 1. The Bertz CT molecular complexity index is 358. The van der Waals surface area contributed by atoms with E-state index in [1.165, 1.54) is 11.3 Å². The Hall–Kier alpha value is -0.750. The zero-order valence-electron chi connectivity index (χ0n) is 9.61. The number of hydrogen-bond donors (Lipinski definition) is 2. The van der Waals surface area contributed by atoms with Gasteiger partial charge in [0.15, 0.2) is 5.13 Å². The molecule has 0 spiro atoms. The van der Waals surface area contributed by atoms with Crippen molar-refractivity contribution >= 4 is 35.2 Å². The van der Waals surface area contributed by atoms with Crippen LogP contribution in [0.1, 0.15) is 25.6 Å². The molecule has 4 nitrogen and oxygen atoms in total. The summed E-state index contributed by atoms with van der Waals surface area (Å²) in [5, 5.41) is 3.16. The highest BCUT2D eigenvalue weighted by atomic mass is 32.1. The van der Waals surface area contributed by atoms with Gasteiger partial charge in [0.1, 0.15) is 5.60 Å². The highest BCUT2D eigenvalue weighted by Crippen LogP contribution is 2.19. The monoisotopic (exact) mass is 260 g/mol. The van der Waals surface area contributed by atoms with Crippen molar-refractivity contribution in [3.63, 3.8) is 0 Å². The summed E-state index contributed by atoms with van der Waals surface area (Å²) in [6.45, 7) is 5.46. The van der Waals surface area contributed by atoms with Crippen molar-refractivity contribution in [3.05, 3.63) is 11.1 Å². The van der Waals surface area contributed by atoms with Crippen LogP contribution >= 0.6 is 24.0 Å². The molecular formula is C10H16N2O2S2. The normalized spacial score (nSPS) is 11.2. The fourth-order valence-corrected chi connectivity index (χ4v) is 2.17. The minimum absolute atomic E-state index is 0.473. The van der Waals surface area contributed by atoms with Crippen LogP contribution in [0.3, 0.4) is 0 Å². The van der Waals surface area contributed by atoms with Gasteiger partial charge in [-0.15, -0.1) is 11.3 Å². The molecule has 0 aliphatic rings. The molecule has 0 atom stereocenters. The number of amides is 1. The zero-order valence-corrected chi connectivity index (χ0v) is 11.3. The molecule has 16 heavy (non-hydrogen) atoms. The van der Waals surface area contributed by atoms with Gasteiger partial charge in [-0.3, -0.25) is 5.32 Å². The largest absolute Gasteiger partial charge is 0.444 e. The fourth-order valence-electron chi connectivity index (χ4n) is 0.982. The predicted molar refractivity (Wildman–Crippen MR) is 69.5 cm³/mol. The number of aromatic nitrogens is 1. The van der Waals surface area contributed by atoms with Crippen molar-refractivity contribution in [2.24, 2.45) is 0 Å². The molecule has 6 heteroatoms. The third-order valence-electron chi connectivity index (χ3n) is 1.52. The second kappa shape index (κ2) is 5.54. The van der Waals surface area contributed by atoms with Crippen molar-refractivity contribution in [2.45, 2.75) is 32.8 Å². The van der Waals surface area contributed by atoms with Gasteiger partial charge in [-0.2, -0.15) is 12.6 Å². The van der Waals surface area contributed by atoms with Crippen molar-refractivity contribution in [1.29, 1.82) is 0 Å². The van der Waals surface area contributed by atoms with Crippen LogP contribution in [0.5, 0.6) is 0 Å². The summed E-state index contributed by atoms with van der Waals surface area (Å²) in [5.41, 5.74) is -0.491. The molecule has 0 saturated carbocycles. The van der Waals surface area contributed by atoms with Gasteiger partial charge in [-0.25, -0.2) is 9.78 Å². The SMILES string of the molecule is CC(C)(C)OC(=O)Nc1ncc(CCS)s1. The molecule has 0 saturated heterocycles. The van der Waals surface area contributed by atoms with Crippen LogP contribution in [0.2, 0.25) is 0 Å². The van der Waals surface area contributed by atoms with Crippen LogP contribution in [0, 0.1) is 0 Å².